The van der Waals surface area contributed by atoms with Crippen LogP contribution in [0.1, 0.15) is 32.8 Å². The van der Waals surface area contributed by atoms with Crippen molar-refractivity contribution >= 4 is 5.91 Å². The fraction of sp³-hybridized carbons (Fsp3) is 0.438. The van der Waals surface area contributed by atoms with Gasteiger partial charge in [0.25, 0.3) is 0 Å². The highest BCUT2D eigenvalue weighted by Crippen LogP contribution is 2.12. The average molecular weight is 245 g/mol. The number of carbonyl (C=O) groups excluding carboxylic acids is 1. The van der Waals surface area contributed by atoms with Gasteiger partial charge in [-0.1, -0.05) is 36.4 Å². The normalized spacial score (nSPS) is 11.4. The zero-order valence-corrected chi connectivity index (χ0v) is 11.6. The predicted molar refractivity (Wildman–Crippen MR) is 76.4 cm³/mol. The van der Waals surface area contributed by atoms with Crippen LogP contribution in [-0.4, -0.2) is 23.9 Å². The standard InChI is InChI=1S/C16H23NO/c1-4-15(16(18)17(5-2)6-3)13-12-14-10-8-7-9-11-14/h4,7-11H,5-6,12-13H2,1-3H3/b15-4+. The maximum absolute atomic E-state index is 12.2. The van der Waals surface area contributed by atoms with Crippen LogP contribution in [0.5, 0.6) is 0 Å². The minimum Gasteiger partial charge on any atom is -0.339 e. The van der Waals surface area contributed by atoms with Gasteiger partial charge < -0.3 is 4.90 Å². The van der Waals surface area contributed by atoms with Gasteiger partial charge in [0.05, 0.1) is 0 Å². The van der Waals surface area contributed by atoms with E-state index in [1.54, 1.807) is 0 Å². The van der Waals surface area contributed by atoms with E-state index in [9.17, 15) is 4.79 Å². The summed E-state index contributed by atoms with van der Waals surface area (Å²) in [6.45, 7) is 7.54. The quantitative estimate of drug-likeness (QED) is 0.703. The summed E-state index contributed by atoms with van der Waals surface area (Å²) in [7, 11) is 0. The first-order valence-corrected chi connectivity index (χ1v) is 6.71. The molecule has 2 nitrogen and oxygen atoms in total. The van der Waals surface area contributed by atoms with Crippen LogP contribution in [0.2, 0.25) is 0 Å². The molecule has 18 heavy (non-hydrogen) atoms. The second-order valence-corrected chi connectivity index (χ2v) is 4.28. The van der Waals surface area contributed by atoms with E-state index in [4.69, 9.17) is 0 Å². The lowest BCUT2D eigenvalue weighted by Gasteiger charge is -2.20. The van der Waals surface area contributed by atoms with Gasteiger partial charge in [-0.2, -0.15) is 0 Å². The van der Waals surface area contributed by atoms with Gasteiger partial charge in [-0.3, -0.25) is 4.79 Å². The number of aryl methyl sites for hydroxylation is 1. The molecular weight excluding hydrogens is 222 g/mol. The van der Waals surface area contributed by atoms with Crippen LogP contribution >= 0.6 is 0 Å². The molecule has 0 saturated heterocycles. The van der Waals surface area contributed by atoms with E-state index < -0.39 is 0 Å². The molecule has 0 aliphatic carbocycles. The van der Waals surface area contributed by atoms with Crippen LogP contribution in [0.4, 0.5) is 0 Å². The Balaban J connectivity index is 2.61. The number of hydrogen-bond donors (Lipinski definition) is 0. The first-order chi connectivity index (χ1) is 8.72. The first-order valence-electron chi connectivity index (χ1n) is 6.71. The average Bonchev–Trinajstić information content (AvgIpc) is 2.42. The summed E-state index contributed by atoms with van der Waals surface area (Å²) in [5, 5.41) is 0. The zero-order chi connectivity index (χ0) is 13.4. The van der Waals surface area contributed by atoms with E-state index in [-0.39, 0.29) is 5.91 Å². The van der Waals surface area contributed by atoms with E-state index in [0.717, 1.165) is 31.5 Å². The molecule has 0 aromatic heterocycles. The summed E-state index contributed by atoms with van der Waals surface area (Å²) in [6, 6.07) is 10.3. The molecule has 0 unspecified atom stereocenters. The van der Waals surface area contributed by atoms with Crippen LogP contribution < -0.4 is 0 Å². The van der Waals surface area contributed by atoms with E-state index in [1.807, 2.05) is 49.9 Å². The van der Waals surface area contributed by atoms with Crippen LogP contribution in [0, 0.1) is 0 Å². The van der Waals surface area contributed by atoms with Crippen LogP contribution in [0.3, 0.4) is 0 Å². The minimum absolute atomic E-state index is 0.179. The molecule has 0 bridgehead atoms. The van der Waals surface area contributed by atoms with Crippen molar-refractivity contribution in [1.29, 1.82) is 0 Å². The van der Waals surface area contributed by atoms with Gasteiger partial charge in [0.1, 0.15) is 0 Å². The fourth-order valence-electron chi connectivity index (χ4n) is 2.01. The molecule has 0 spiro atoms. The van der Waals surface area contributed by atoms with E-state index in [0.29, 0.717) is 0 Å². The lowest BCUT2D eigenvalue weighted by atomic mass is 10.0. The SMILES string of the molecule is C/C=C(\CCc1ccccc1)C(=O)N(CC)CC. The number of allylic oxidation sites excluding steroid dienone is 1. The zero-order valence-electron chi connectivity index (χ0n) is 11.6. The van der Waals surface area contributed by atoms with Crippen molar-refractivity contribution in [3.8, 4) is 0 Å². The highest BCUT2D eigenvalue weighted by atomic mass is 16.2. The summed E-state index contributed by atoms with van der Waals surface area (Å²) in [5.74, 6) is 0.179. The molecule has 0 N–H and O–H groups in total. The summed E-state index contributed by atoms with van der Waals surface area (Å²) >= 11 is 0. The summed E-state index contributed by atoms with van der Waals surface area (Å²) in [6.07, 6.45) is 3.69. The van der Waals surface area contributed by atoms with Gasteiger partial charge in [-0.05, 0) is 39.2 Å². The highest BCUT2D eigenvalue weighted by Gasteiger charge is 2.14. The lowest BCUT2D eigenvalue weighted by molar-refractivity contribution is -0.126. The minimum atomic E-state index is 0.179. The maximum atomic E-state index is 12.2. The smallest absolute Gasteiger partial charge is 0.249 e. The number of nitrogens with zero attached hydrogens (tertiary/aromatic N) is 1. The Morgan fingerprint density at radius 1 is 1.17 bits per heavy atom. The molecule has 2 heteroatoms. The Labute approximate surface area is 110 Å². The molecule has 0 radical (unpaired) electrons. The molecule has 0 aliphatic heterocycles. The number of rotatable bonds is 6. The third-order valence-corrected chi connectivity index (χ3v) is 3.20. The van der Waals surface area contributed by atoms with Gasteiger partial charge in [-0.25, -0.2) is 0 Å². The highest BCUT2D eigenvalue weighted by molar-refractivity contribution is 5.93. The molecular formula is C16H23NO. The topological polar surface area (TPSA) is 20.3 Å². The lowest BCUT2D eigenvalue weighted by Crippen LogP contribution is -2.31. The summed E-state index contributed by atoms with van der Waals surface area (Å²) in [5.41, 5.74) is 2.20. The molecule has 1 aromatic rings. The monoisotopic (exact) mass is 245 g/mol. The van der Waals surface area contributed by atoms with Crippen molar-refractivity contribution in [2.24, 2.45) is 0 Å². The molecule has 0 fully saturated rings. The Morgan fingerprint density at radius 2 is 1.78 bits per heavy atom. The van der Waals surface area contributed by atoms with Crippen LogP contribution in [-0.2, 0) is 11.2 Å². The third-order valence-electron chi connectivity index (χ3n) is 3.20. The maximum Gasteiger partial charge on any atom is 0.249 e. The van der Waals surface area contributed by atoms with Crippen molar-refractivity contribution in [3.05, 3.63) is 47.5 Å². The number of likely N-dealkylation sites (N-methyl/N-ethyl adjacent to an activating group) is 1. The number of hydrogen-bond acceptors (Lipinski definition) is 1. The molecule has 0 heterocycles. The number of benzene rings is 1. The third kappa shape index (κ3) is 4.02. The second-order valence-electron chi connectivity index (χ2n) is 4.28. The van der Waals surface area contributed by atoms with Crippen molar-refractivity contribution in [3.63, 3.8) is 0 Å². The van der Waals surface area contributed by atoms with Crippen LogP contribution in [0.15, 0.2) is 42.0 Å². The Kier molecular flexibility index (Phi) is 6.20. The fourth-order valence-corrected chi connectivity index (χ4v) is 2.01. The Bertz CT molecular complexity index is 391. The Morgan fingerprint density at radius 3 is 2.28 bits per heavy atom. The molecule has 0 aliphatic rings. The van der Waals surface area contributed by atoms with E-state index >= 15 is 0 Å². The van der Waals surface area contributed by atoms with E-state index in [2.05, 4.69) is 12.1 Å². The van der Waals surface area contributed by atoms with Gasteiger partial charge in [0, 0.05) is 18.7 Å². The summed E-state index contributed by atoms with van der Waals surface area (Å²) < 4.78 is 0. The predicted octanol–water partition coefficient (Wildman–Crippen LogP) is 3.43. The van der Waals surface area contributed by atoms with E-state index in [1.165, 1.54) is 5.56 Å². The number of amides is 1. The van der Waals surface area contributed by atoms with Gasteiger partial charge in [-0.15, -0.1) is 0 Å². The van der Waals surface area contributed by atoms with Crippen molar-refractivity contribution < 1.29 is 4.79 Å². The van der Waals surface area contributed by atoms with Crippen molar-refractivity contribution in [1.82, 2.24) is 4.90 Å². The molecule has 0 saturated carbocycles. The van der Waals surface area contributed by atoms with Crippen molar-refractivity contribution in [2.45, 2.75) is 33.6 Å². The molecule has 1 rings (SSSR count). The second kappa shape index (κ2) is 7.70. The molecule has 1 amide bonds. The molecule has 0 atom stereocenters. The van der Waals surface area contributed by atoms with Crippen molar-refractivity contribution in [2.75, 3.05) is 13.1 Å². The van der Waals surface area contributed by atoms with Gasteiger partial charge in [0.15, 0.2) is 0 Å². The molecule has 1 aromatic carbocycles. The van der Waals surface area contributed by atoms with Gasteiger partial charge in [0.2, 0.25) is 5.91 Å². The largest absolute Gasteiger partial charge is 0.339 e. The number of carbonyl (C=O) groups is 1. The summed E-state index contributed by atoms with van der Waals surface area (Å²) in [4.78, 5) is 14.1. The molecule has 98 valence electrons. The first kappa shape index (κ1) is 14.5. The van der Waals surface area contributed by atoms with Gasteiger partial charge >= 0.3 is 0 Å². The van der Waals surface area contributed by atoms with Crippen LogP contribution in [0.25, 0.3) is 0 Å². The Hall–Kier alpha value is -1.57.